The van der Waals surface area contributed by atoms with Crippen LogP contribution in [-0.2, 0) is 31.3 Å². The maximum absolute atomic E-state index is 12.8. The van der Waals surface area contributed by atoms with Gasteiger partial charge in [-0.3, -0.25) is 4.79 Å². The number of nitrogens with one attached hydrogen (secondary N) is 1. The lowest BCUT2D eigenvalue weighted by Crippen LogP contribution is -2.40. The minimum Gasteiger partial charge on any atom is -0.451 e. The van der Waals surface area contributed by atoms with Crippen LogP contribution < -0.4 is 5.32 Å². The zero-order valence-corrected chi connectivity index (χ0v) is 17.2. The van der Waals surface area contributed by atoms with Crippen LogP contribution in [0.3, 0.4) is 0 Å². The van der Waals surface area contributed by atoms with Crippen molar-refractivity contribution in [2.45, 2.75) is 4.90 Å². The molecular weight excluding hydrogens is 422 g/mol. The Morgan fingerprint density at radius 2 is 1.97 bits per heavy atom. The maximum Gasteiger partial charge on any atom is 0.355 e. The third kappa shape index (κ3) is 4.96. The first-order valence-corrected chi connectivity index (χ1v) is 10.6. The molecule has 1 fully saturated rings. The smallest absolute Gasteiger partial charge is 0.355 e. The van der Waals surface area contributed by atoms with E-state index < -0.39 is 28.5 Å². The molecule has 0 aliphatic carbocycles. The monoisotopic (exact) mass is 441 g/mol. The number of rotatable bonds is 6. The van der Waals surface area contributed by atoms with Crippen LogP contribution in [0.2, 0.25) is 5.02 Å². The zero-order valence-electron chi connectivity index (χ0n) is 15.6. The molecule has 1 amide bonds. The van der Waals surface area contributed by atoms with Crippen molar-refractivity contribution in [3.63, 3.8) is 0 Å². The Morgan fingerprint density at radius 1 is 1.24 bits per heavy atom. The van der Waals surface area contributed by atoms with Crippen LogP contribution in [0.5, 0.6) is 0 Å². The number of aryl methyl sites for hydroxylation is 1. The van der Waals surface area contributed by atoms with Crippen LogP contribution >= 0.6 is 11.6 Å². The van der Waals surface area contributed by atoms with E-state index in [2.05, 4.69) is 5.32 Å². The Bertz CT molecular complexity index is 1010. The van der Waals surface area contributed by atoms with Gasteiger partial charge >= 0.3 is 5.97 Å². The first-order valence-electron chi connectivity index (χ1n) is 8.75. The molecule has 1 aromatic heterocycles. The molecule has 9 nitrogen and oxygen atoms in total. The predicted octanol–water partition coefficient (Wildman–Crippen LogP) is 1.49. The zero-order chi connectivity index (χ0) is 21.0. The van der Waals surface area contributed by atoms with Crippen LogP contribution in [-0.4, -0.2) is 62.1 Å². The van der Waals surface area contributed by atoms with Gasteiger partial charge in [-0.25, -0.2) is 13.2 Å². The Balaban J connectivity index is 1.67. The number of carbonyl (C=O) groups excluding carboxylic acids is 2. The molecule has 2 aromatic rings. The van der Waals surface area contributed by atoms with Crippen molar-refractivity contribution in [2.24, 2.45) is 7.05 Å². The number of hydrogen-bond acceptors (Lipinski definition) is 6. The predicted molar refractivity (Wildman–Crippen MR) is 105 cm³/mol. The second kappa shape index (κ2) is 8.95. The van der Waals surface area contributed by atoms with E-state index in [0.29, 0.717) is 18.9 Å². The van der Waals surface area contributed by atoms with E-state index >= 15 is 0 Å². The van der Waals surface area contributed by atoms with Gasteiger partial charge in [0, 0.05) is 32.0 Å². The molecule has 0 bridgehead atoms. The highest BCUT2D eigenvalue weighted by atomic mass is 35.5. The van der Waals surface area contributed by atoms with Crippen LogP contribution in [0.25, 0.3) is 0 Å². The first-order chi connectivity index (χ1) is 13.8. The summed E-state index contributed by atoms with van der Waals surface area (Å²) in [6, 6.07) is 7.39. The molecule has 1 saturated heterocycles. The molecule has 0 atom stereocenters. The number of ether oxygens (including phenoxy) is 2. The first kappa shape index (κ1) is 21.3. The van der Waals surface area contributed by atoms with Crippen LogP contribution in [0.4, 0.5) is 5.69 Å². The summed E-state index contributed by atoms with van der Waals surface area (Å²) in [7, 11) is -2.15. The molecule has 2 heterocycles. The van der Waals surface area contributed by atoms with Crippen LogP contribution in [0, 0.1) is 0 Å². The molecule has 29 heavy (non-hydrogen) atoms. The van der Waals surface area contributed by atoms with Gasteiger partial charge in [-0.15, -0.1) is 0 Å². The fourth-order valence-electron chi connectivity index (χ4n) is 2.78. The Hall–Kier alpha value is -2.40. The Labute approximate surface area is 173 Å². The lowest BCUT2D eigenvalue weighted by atomic mass is 10.3. The fraction of sp³-hybridized carbons (Fsp3) is 0.333. The van der Waals surface area contributed by atoms with E-state index in [0.717, 1.165) is 0 Å². The van der Waals surface area contributed by atoms with Crippen molar-refractivity contribution in [1.29, 1.82) is 0 Å². The molecule has 0 spiro atoms. The summed E-state index contributed by atoms with van der Waals surface area (Å²) in [6.07, 6.45) is 1.68. The molecule has 1 aromatic carbocycles. The maximum atomic E-state index is 12.8. The number of amides is 1. The summed E-state index contributed by atoms with van der Waals surface area (Å²) in [6.45, 7) is 0.548. The average molecular weight is 442 g/mol. The molecule has 1 N–H and O–H groups in total. The normalized spacial score (nSPS) is 15.1. The van der Waals surface area contributed by atoms with E-state index in [1.807, 2.05) is 0 Å². The highest BCUT2D eigenvalue weighted by molar-refractivity contribution is 7.89. The van der Waals surface area contributed by atoms with Gasteiger partial charge in [0.1, 0.15) is 10.6 Å². The average Bonchev–Trinajstić information content (AvgIpc) is 3.14. The van der Waals surface area contributed by atoms with Crippen LogP contribution in [0.1, 0.15) is 10.5 Å². The lowest BCUT2D eigenvalue weighted by Gasteiger charge is -2.26. The van der Waals surface area contributed by atoms with Crippen molar-refractivity contribution in [1.82, 2.24) is 8.87 Å². The topological polar surface area (TPSA) is 107 Å². The molecule has 0 radical (unpaired) electrons. The van der Waals surface area contributed by atoms with Gasteiger partial charge in [0.25, 0.3) is 5.91 Å². The van der Waals surface area contributed by atoms with E-state index in [4.69, 9.17) is 21.1 Å². The van der Waals surface area contributed by atoms with Gasteiger partial charge in [-0.2, -0.15) is 4.31 Å². The highest BCUT2D eigenvalue weighted by Crippen LogP contribution is 2.28. The van der Waals surface area contributed by atoms with Crippen molar-refractivity contribution in [2.75, 3.05) is 38.2 Å². The summed E-state index contributed by atoms with van der Waals surface area (Å²) in [5.41, 5.74) is 0.532. The number of nitrogens with zero attached hydrogens (tertiary/aromatic N) is 2. The fourth-order valence-corrected chi connectivity index (χ4v) is 4.69. The van der Waals surface area contributed by atoms with E-state index in [-0.39, 0.29) is 28.7 Å². The van der Waals surface area contributed by atoms with E-state index in [1.165, 1.54) is 22.5 Å². The second-order valence-corrected chi connectivity index (χ2v) is 8.60. The largest absolute Gasteiger partial charge is 0.451 e. The lowest BCUT2D eigenvalue weighted by molar-refractivity contribution is -0.119. The van der Waals surface area contributed by atoms with Gasteiger partial charge in [-0.05, 0) is 30.3 Å². The number of sulfonamides is 1. The molecule has 0 saturated carbocycles. The van der Waals surface area contributed by atoms with Crippen molar-refractivity contribution < 1.29 is 27.5 Å². The Kier molecular flexibility index (Phi) is 6.58. The summed E-state index contributed by atoms with van der Waals surface area (Å²) < 4.78 is 38.7. The third-order valence-corrected chi connectivity index (χ3v) is 6.67. The quantitative estimate of drug-likeness (QED) is 0.681. The molecule has 1 aliphatic rings. The number of benzene rings is 1. The SMILES string of the molecule is Cn1cccc1C(=O)OCC(=O)Nc1ccc(Cl)c(S(=O)(=O)N2CCOCC2)c1. The van der Waals surface area contributed by atoms with Crippen LogP contribution in [0.15, 0.2) is 41.4 Å². The number of esters is 1. The van der Waals surface area contributed by atoms with Crippen molar-refractivity contribution in [3.8, 4) is 0 Å². The minimum absolute atomic E-state index is 0.0460. The highest BCUT2D eigenvalue weighted by Gasteiger charge is 2.28. The summed E-state index contributed by atoms with van der Waals surface area (Å²) in [4.78, 5) is 24.0. The molecule has 11 heteroatoms. The standard InChI is InChI=1S/C18H20ClN3O6S/c1-21-6-2-3-15(21)18(24)28-12-17(23)20-13-4-5-14(19)16(11-13)29(25,26)22-7-9-27-10-8-22/h2-6,11H,7-10,12H2,1H3,(H,20,23). The number of anilines is 1. The molecule has 1 aliphatic heterocycles. The summed E-state index contributed by atoms with van der Waals surface area (Å²) >= 11 is 6.09. The number of hydrogen-bond donors (Lipinski definition) is 1. The van der Waals surface area contributed by atoms with E-state index in [1.54, 1.807) is 29.9 Å². The summed E-state index contributed by atoms with van der Waals surface area (Å²) in [5.74, 6) is -1.25. The van der Waals surface area contributed by atoms with Crippen molar-refractivity contribution >= 4 is 39.2 Å². The molecule has 3 rings (SSSR count). The van der Waals surface area contributed by atoms with Gasteiger partial charge in [0.15, 0.2) is 6.61 Å². The van der Waals surface area contributed by atoms with E-state index in [9.17, 15) is 18.0 Å². The number of morpholine rings is 1. The Morgan fingerprint density at radius 3 is 2.62 bits per heavy atom. The second-order valence-electron chi connectivity index (χ2n) is 6.29. The van der Waals surface area contributed by atoms with Gasteiger partial charge in [0.05, 0.1) is 18.2 Å². The molecule has 0 unspecified atom stereocenters. The van der Waals surface area contributed by atoms with Gasteiger partial charge in [-0.1, -0.05) is 11.6 Å². The minimum atomic E-state index is -3.83. The van der Waals surface area contributed by atoms with Crippen molar-refractivity contribution in [3.05, 3.63) is 47.2 Å². The van der Waals surface area contributed by atoms with Gasteiger partial charge < -0.3 is 19.4 Å². The number of carbonyl (C=O) groups is 2. The third-order valence-electron chi connectivity index (χ3n) is 4.29. The number of aromatic nitrogens is 1. The van der Waals surface area contributed by atoms with Gasteiger partial charge in [0.2, 0.25) is 10.0 Å². The molecule has 156 valence electrons. The molecular formula is C18H20ClN3O6S. The number of halogens is 1. The summed E-state index contributed by atoms with van der Waals surface area (Å²) in [5, 5.41) is 2.56.